The monoisotopic (exact) mass is 206 g/mol. The molecule has 0 spiro atoms. The second-order valence-corrected chi connectivity index (χ2v) is 3.69. The van der Waals surface area contributed by atoms with Gasteiger partial charge in [-0.1, -0.05) is 0 Å². The van der Waals surface area contributed by atoms with Crippen LogP contribution in [-0.4, -0.2) is 14.9 Å². The van der Waals surface area contributed by atoms with Crippen molar-refractivity contribution in [1.29, 1.82) is 0 Å². The molecular weight excluding hydrogens is 192 g/mol. The Kier molecular flexibility index (Phi) is 2.36. The first-order valence-corrected chi connectivity index (χ1v) is 4.82. The number of aliphatic hydroxyl groups excluding tert-OH is 1. The van der Waals surface area contributed by atoms with Gasteiger partial charge in [-0.3, -0.25) is 4.68 Å². The van der Waals surface area contributed by atoms with E-state index in [0.29, 0.717) is 5.69 Å². The Labute approximate surface area is 88.1 Å². The third-order valence-electron chi connectivity index (χ3n) is 2.39. The number of hydrogen-bond donors (Lipinski definition) is 1. The Bertz CT molecular complexity index is 471. The molecule has 0 aromatic carbocycles. The topological polar surface area (TPSA) is 51.2 Å². The molecule has 1 N–H and O–H groups in total. The number of furan rings is 1. The van der Waals surface area contributed by atoms with Gasteiger partial charge in [-0.15, -0.1) is 0 Å². The van der Waals surface area contributed by atoms with E-state index in [9.17, 15) is 5.11 Å². The molecule has 4 heteroatoms. The van der Waals surface area contributed by atoms with Crippen molar-refractivity contribution >= 4 is 0 Å². The standard InChI is InChI=1S/C11H14N2O2/c1-7-6-9(8(2)15-7)11(14)10-4-5-13(3)12-10/h4-6,11,14H,1-3H3. The smallest absolute Gasteiger partial charge is 0.126 e. The highest BCUT2D eigenvalue weighted by Gasteiger charge is 2.18. The fraction of sp³-hybridized carbons (Fsp3) is 0.364. The van der Waals surface area contributed by atoms with Gasteiger partial charge < -0.3 is 9.52 Å². The maximum atomic E-state index is 10.1. The summed E-state index contributed by atoms with van der Waals surface area (Å²) in [6.07, 6.45) is 1.10. The minimum atomic E-state index is -0.705. The Hall–Kier alpha value is -1.55. The second-order valence-electron chi connectivity index (χ2n) is 3.69. The zero-order chi connectivity index (χ0) is 11.0. The molecule has 0 bridgehead atoms. The molecule has 1 unspecified atom stereocenters. The maximum absolute atomic E-state index is 10.1. The summed E-state index contributed by atoms with van der Waals surface area (Å²) in [5, 5.41) is 14.2. The van der Waals surface area contributed by atoms with Crippen molar-refractivity contribution in [3.8, 4) is 0 Å². The van der Waals surface area contributed by atoms with Crippen molar-refractivity contribution in [2.75, 3.05) is 0 Å². The molecule has 80 valence electrons. The summed E-state index contributed by atoms with van der Waals surface area (Å²) in [6.45, 7) is 3.70. The summed E-state index contributed by atoms with van der Waals surface area (Å²) in [5.74, 6) is 1.54. The maximum Gasteiger partial charge on any atom is 0.126 e. The van der Waals surface area contributed by atoms with E-state index in [1.165, 1.54) is 0 Å². The van der Waals surface area contributed by atoms with Gasteiger partial charge in [0.25, 0.3) is 0 Å². The van der Waals surface area contributed by atoms with E-state index in [1.807, 2.05) is 27.0 Å². The van der Waals surface area contributed by atoms with E-state index < -0.39 is 6.10 Å². The van der Waals surface area contributed by atoms with Gasteiger partial charge in [-0.2, -0.15) is 5.10 Å². The van der Waals surface area contributed by atoms with Crippen molar-refractivity contribution in [1.82, 2.24) is 9.78 Å². The Balaban J connectivity index is 2.35. The van der Waals surface area contributed by atoms with Crippen LogP contribution in [0.5, 0.6) is 0 Å². The van der Waals surface area contributed by atoms with Gasteiger partial charge >= 0.3 is 0 Å². The quantitative estimate of drug-likeness (QED) is 0.813. The molecule has 2 rings (SSSR count). The third kappa shape index (κ3) is 1.80. The summed E-state index contributed by atoms with van der Waals surface area (Å²) in [7, 11) is 1.82. The molecule has 0 aliphatic rings. The molecule has 0 aliphatic carbocycles. The van der Waals surface area contributed by atoms with Gasteiger partial charge in [0.2, 0.25) is 0 Å². The normalized spacial score (nSPS) is 13.1. The molecule has 0 saturated heterocycles. The number of aryl methyl sites for hydroxylation is 3. The van der Waals surface area contributed by atoms with E-state index in [2.05, 4.69) is 5.10 Å². The fourth-order valence-corrected chi connectivity index (χ4v) is 1.66. The lowest BCUT2D eigenvalue weighted by molar-refractivity contribution is 0.212. The van der Waals surface area contributed by atoms with Crippen LogP contribution in [0.25, 0.3) is 0 Å². The van der Waals surface area contributed by atoms with E-state index in [-0.39, 0.29) is 0 Å². The first kappa shape index (κ1) is 9.98. The predicted molar refractivity (Wildman–Crippen MR) is 55.5 cm³/mol. The van der Waals surface area contributed by atoms with E-state index >= 15 is 0 Å². The number of aromatic nitrogens is 2. The summed E-state index contributed by atoms with van der Waals surface area (Å²) in [6, 6.07) is 3.64. The molecule has 4 nitrogen and oxygen atoms in total. The molecule has 0 fully saturated rings. The van der Waals surface area contributed by atoms with Gasteiger partial charge in [0.1, 0.15) is 17.6 Å². The van der Waals surface area contributed by atoms with Gasteiger partial charge in [0.15, 0.2) is 0 Å². The SMILES string of the molecule is Cc1cc(C(O)c2ccn(C)n2)c(C)o1. The Morgan fingerprint density at radius 3 is 2.67 bits per heavy atom. The largest absolute Gasteiger partial charge is 0.466 e. The van der Waals surface area contributed by atoms with Crippen LogP contribution in [0, 0.1) is 13.8 Å². The zero-order valence-corrected chi connectivity index (χ0v) is 9.06. The zero-order valence-electron chi connectivity index (χ0n) is 9.06. The van der Waals surface area contributed by atoms with E-state index in [0.717, 1.165) is 17.1 Å². The fourth-order valence-electron chi connectivity index (χ4n) is 1.66. The molecular formula is C11H14N2O2. The first-order chi connectivity index (χ1) is 7.08. The van der Waals surface area contributed by atoms with Gasteiger partial charge in [-0.05, 0) is 26.0 Å². The van der Waals surface area contributed by atoms with Crippen LogP contribution in [0.2, 0.25) is 0 Å². The van der Waals surface area contributed by atoms with Crippen LogP contribution >= 0.6 is 0 Å². The highest BCUT2D eigenvalue weighted by atomic mass is 16.3. The second kappa shape index (κ2) is 3.55. The van der Waals surface area contributed by atoms with Crippen molar-refractivity contribution < 1.29 is 9.52 Å². The van der Waals surface area contributed by atoms with Crippen LogP contribution in [0.15, 0.2) is 22.7 Å². The van der Waals surface area contributed by atoms with Crippen LogP contribution in [0.4, 0.5) is 0 Å². The van der Waals surface area contributed by atoms with Crippen molar-refractivity contribution in [2.24, 2.45) is 7.05 Å². The van der Waals surface area contributed by atoms with Crippen LogP contribution in [0.1, 0.15) is 28.9 Å². The third-order valence-corrected chi connectivity index (χ3v) is 2.39. The van der Waals surface area contributed by atoms with Crippen LogP contribution < -0.4 is 0 Å². The van der Waals surface area contributed by atoms with Gasteiger partial charge in [0.05, 0.1) is 5.69 Å². The minimum absolute atomic E-state index is 0.640. The number of nitrogens with zero attached hydrogens (tertiary/aromatic N) is 2. The molecule has 2 aromatic rings. The molecule has 0 radical (unpaired) electrons. The lowest BCUT2D eigenvalue weighted by Gasteiger charge is -2.05. The number of rotatable bonds is 2. The summed E-state index contributed by atoms with van der Waals surface area (Å²) < 4.78 is 7.04. The lowest BCUT2D eigenvalue weighted by atomic mass is 10.1. The predicted octanol–water partition coefficient (Wildman–Crippen LogP) is 1.71. The van der Waals surface area contributed by atoms with Gasteiger partial charge in [-0.25, -0.2) is 0 Å². The average Bonchev–Trinajstić information content (AvgIpc) is 2.71. The summed E-state index contributed by atoms with van der Waals surface area (Å²) >= 11 is 0. The highest BCUT2D eigenvalue weighted by molar-refractivity contribution is 5.28. The van der Waals surface area contributed by atoms with Crippen molar-refractivity contribution in [3.63, 3.8) is 0 Å². The van der Waals surface area contributed by atoms with E-state index in [4.69, 9.17) is 4.42 Å². The molecule has 0 amide bonds. The molecule has 2 heterocycles. The number of hydrogen-bond acceptors (Lipinski definition) is 3. The van der Waals surface area contributed by atoms with Crippen LogP contribution in [0.3, 0.4) is 0 Å². The summed E-state index contributed by atoms with van der Waals surface area (Å²) in [4.78, 5) is 0. The van der Waals surface area contributed by atoms with Gasteiger partial charge in [0, 0.05) is 18.8 Å². The van der Waals surface area contributed by atoms with Crippen LogP contribution in [-0.2, 0) is 7.05 Å². The molecule has 0 aliphatic heterocycles. The lowest BCUT2D eigenvalue weighted by Crippen LogP contribution is -2.01. The minimum Gasteiger partial charge on any atom is -0.466 e. The Morgan fingerprint density at radius 2 is 2.20 bits per heavy atom. The first-order valence-electron chi connectivity index (χ1n) is 4.82. The number of aliphatic hydroxyl groups is 1. The van der Waals surface area contributed by atoms with Crippen molar-refractivity contribution in [3.05, 3.63) is 41.1 Å². The molecule has 2 aromatic heterocycles. The Morgan fingerprint density at radius 1 is 1.47 bits per heavy atom. The average molecular weight is 206 g/mol. The molecule has 0 saturated carbocycles. The highest BCUT2D eigenvalue weighted by Crippen LogP contribution is 2.25. The van der Waals surface area contributed by atoms with E-state index in [1.54, 1.807) is 16.9 Å². The molecule has 15 heavy (non-hydrogen) atoms. The van der Waals surface area contributed by atoms with Crippen molar-refractivity contribution in [2.45, 2.75) is 20.0 Å². The summed E-state index contributed by atoms with van der Waals surface area (Å²) in [5.41, 5.74) is 1.42. The molecule has 1 atom stereocenters.